The first-order valence-electron chi connectivity index (χ1n) is 5.05. The van der Waals surface area contributed by atoms with Crippen LogP contribution in [0.25, 0.3) is 0 Å². The highest BCUT2D eigenvalue weighted by molar-refractivity contribution is 6.17. The molecule has 0 saturated carbocycles. The second kappa shape index (κ2) is 7.89. The Balaban J connectivity index is 0. The number of halogens is 1. The molecular weight excluding hydrogens is 252 g/mol. The van der Waals surface area contributed by atoms with E-state index in [1.54, 1.807) is 0 Å². The second-order valence-corrected chi connectivity index (χ2v) is 3.00. The molecule has 0 aromatic rings. The molecule has 0 aliphatic rings. The summed E-state index contributed by atoms with van der Waals surface area (Å²) >= 11 is 0. The Morgan fingerprint density at radius 3 is 1.53 bits per heavy atom. The molecule has 0 atom stereocenters. The van der Waals surface area contributed by atoms with Crippen molar-refractivity contribution >= 4 is 30.3 Å². The minimum absolute atomic E-state index is 0. The van der Waals surface area contributed by atoms with E-state index in [4.69, 9.17) is 5.11 Å². The van der Waals surface area contributed by atoms with Crippen LogP contribution in [0, 0.1) is 5.41 Å². The maximum Gasteiger partial charge on any atom is 0.335 e. The van der Waals surface area contributed by atoms with Crippen molar-refractivity contribution in [2.24, 2.45) is 5.41 Å². The first-order chi connectivity index (χ1) is 7.47. The number of carboxylic acids is 1. The van der Waals surface area contributed by atoms with Gasteiger partial charge in [0.15, 0.2) is 0 Å². The van der Waals surface area contributed by atoms with Gasteiger partial charge in [-0.05, 0) is 20.3 Å². The van der Waals surface area contributed by atoms with Crippen molar-refractivity contribution in [3.63, 3.8) is 0 Å². The van der Waals surface area contributed by atoms with Crippen LogP contribution in [0.5, 0.6) is 0 Å². The van der Waals surface area contributed by atoms with Gasteiger partial charge in [-0.15, -0.1) is 12.4 Å². The minimum atomic E-state index is -2.24. The number of carboxylic acid groups (broad SMARTS) is 1. The number of hydrogen-bond donors (Lipinski definition) is 1. The minimum Gasteiger partial charge on any atom is -0.480 e. The van der Waals surface area contributed by atoms with Crippen LogP contribution in [0.3, 0.4) is 0 Å². The zero-order valence-corrected chi connectivity index (χ0v) is 10.8. The van der Waals surface area contributed by atoms with Crippen molar-refractivity contribution < 1.29 is 29.0 Å². The topological polar surface area (TPSA) is 89.9 Å². The molecule has 17 heavy (non-hydrogen) atoms. The zero-order valence-electron chi connectivity index (χ0n) is 10.0. The van der Waals surface area contributed by atoms with E-state index < -0.39 is 23.3 Å². The molecule has 0 rings (SSSR count). The van der Waals surface area contributed by atoms with Crippen molar-refractivity contribution in [1.29, 1.82) is 0 Å². The van der Waals surface area contributed by atoms with Crippen LogP contribution in [-0.2, 0) is 23.9 Å². The standard InChI is InChI=1S/C10H16O6.ClH/c1-4-10(7(11)12,8(13)15-5-2)9(14)16-6-3;/h4-6H2,1-3H3,(H,11,12);1H. The first kappa shape index (κ1) is 18.1. The van der Waals surface area contributed by atoms with Crippen molar-refractivity contribution in [3.05, 3.63) is 0 Å². The maximum absolute atomic E-state index is 11.6. The first-order valence-corrected chi connectivity index (χ1v) is 5.05. The van der Waals surface area contributed by atoms with E-state index in [2.05, 4.69) is 9.47 Å². The Labute approximate surface area is 106 Å². The van der Waals surface area contributed by atoms with Crippen molar-refractivity contribution in [2.45, 2.75) is 27.2 Å². The van der Waals surface area contributed by atoms with Gasteiger partial charge in [-0.3, -0.25) is 14.4 Å². The van der Waals surface area contributed by atoms with Crippen LogP contribution in [0.4, 0.5) is 0 Å². The van der Waals surface area contributed by atoms with Crippen LogP contribution < -0.4 is 0 Å². The third kappa shape index (κ3) is 3.59. The van der Waals surface area contributed by atoms with Gasteiger partial charge in [-0.25, -0.2) is 0 Å². The summed E-state index contributed by atoms with van der Waals surface area (Å²) < 4.78 is 9.21. The monoisotopic (exact) mass is 268 g/mol. The van der Waals surface area contributed by atoms with Gasteiger partial charge in [0.05, 0.1) is 13.2 Å². The highest BCUT2D eigenvalue weighted by Crippen LogP contribution is 2.26. The number of hydrogen-bond acceptors (Lipinski definition) is 5. The van der Waals surface area contributed by atoms with E-state index in [9.17, 15) is 14.4 Å². The Morgan fingerprint density at radius 1 is 1.00 bits per heavy atom. The quantitative estimate of drug-likeness (QED) is 0.571. The summed E-state index contributed by atoms with van der Waals surface area (Å²) in [7, 11) is 0. The van der Waals surface area contributed by atoms with Gasteiger partial charge in [-0.2, -0.15) is 0 Å². The molecule has 7 heteroatoms. The van der Waals surface area contributed by atoms with Crippen molar-refractivity contribution in [2.75, 3.05) is 13.2 Å². The molecule has 0 radical (unpaired) electrons. The molecular formula is C10H17ClO6. The molecule has 0 aromatic carbocycles. The zero-order chi connectivity index (χ0) is 12.8. The van der Waals surface area contributed by atoms with E-state index >= 15 is 0 Å². The third-order valence-electron chi connectivity index (χ3n) is 2.14. The number of esters is 2. The second-order valence-electron chi connectivity index (χ2n) is 3.00. The smallest absolute Gasteiger partial charge is 0.335 e. The van der Waals surface area contributed by atoms with Crippen LogP contribution in [0.15, 0.2) is 0 Å². The SMILES string of the molecule is CCOC(=O)C(CC)(C(=O)O)C(=O)OCC.Cl. The molecule has 0 saturated heterocycles. The van der Waals surface area contributed by atoms with E-state index in [-0.39, 0.29) is 32.0 Å². The lowest BCUT2D eigenvalue weighted by atomic mass is 9.85. The molecule has 0 spiro atoms. The molecule has 0 aromatic heterocycles. The van der Waals surface area contributed by atoms with E-state index in [1.807, 2.05) is 0 Å². The molecule has 6 nitrogen and oxygen atoms in total. The molecule has 0 unspecified atom stereocenters. The van der Waals surface area contributed by atoms with Crippen molar-refractivity contribution in [1.82, 2.24) is 0 Å². The Kier molecular flexibility index (Phi) is 8.39. The van der Waals surface area contributed by atoms with Gasteiger partial charge in [0.2, 0.25) is 0 Å². The molecule has 1 N–H and O–H groups in total. The van der Waals surface area contributed by atoms with E-state index in [1.165, 1.54) is 20.8 Å². The molecule has 0 fully saturated rings. The predicted molar refractivity (Wildman–Crippen MR) is 60.9 cm³/mol. The largest absolute Gasteiger partial charge is 0.480 e. The Bertz CT molecular complexity index is 271. The van der Waals surface area contributed by atoms with Crippen molar-refractivity contribution in [3.8, 4) is 0 Å². The lowest BCUT2D eigenvalue weighted by Crippen LogP contribution is -2.48. The maximum atomic E-state index is 11.6. The fourth-order valence-electron chi connectivity index (χ4n) is 1.21. The molecule has 0 amide bonds. The molecule has 0 heterocycles. The van der Waals surface area contributed by atoms with E-state index in [0.717, 1.165) is 0 Å². The highest BCUT2D eigenvalue weighted by atomic mass is 35.5. The highest BCUT2D eigenvalue weighted by Gasteiger charge is 2.54. The number of rotatable bonds is 6. The summed E-state index contributed by atoms with van der Waals surface area (Å²) in [5, 5.41) is 9.02. The van der Waals surface area contributed by atoms with Gasteiger partial charge in [0, 0.05) is 0 Å². The summed E-state index contributed by atoms with van der Waals surface area (Å²) in [6.45, 7) is 4.50. The molecule has 0 bridgehead atoms. The number of carbonyl (C=O) groups is 3. The normalized spacial score (nSPS) is 10.1. The third-order valence-corrected chi connectivity index (χ3v) is 2.14. The summed E-state index contributed by atoms with van der Waals surface area (Å²) in [5.41, 5.74) is -2.24. The Morgan fingerprint density at radius 2 is 1.35 bits per heavy atom. The summed E-state index contributed by atoms with van der Waals surface area (Å²) in [6, 6.07) is 0. The summed E-state index contributed by atoms with van der Waals surface area (Å²) in [4.78, 5) is 34.2. The average Bonchev–Trinajstić information content (AvgIpc) is 2.19. The fourth-order valence-corrected chi connectivity index (χ4v) is 1.21. The predicted octanol–water partition coefficient (Wildman–Crippen LogP) is 1.02. The van der Waals surface area contributed by atoms with Crippen LogP contribution in [0.2, 0.25) is 0 Å². The molecule has 100 valence electrons. The number of aliphatic carboxylic acids is 1. The van der Waals surface area contributed by atoms with Gasteiger partial charge in [0.1, 0.15) is 0 Å². The number of carbonyl (C=O) groups excluding carboxylic acids is 2. The lowest BCUT2D eigenvalue weighted by Gasteiger charge is -2.23. The van der Waals surface area contributed by atoms with Crippen LogP contribution in [-0.4, -0.2) is 36.2 Å². The average molecular weight is 269 g/mol. The van der Waals surface area contributed by atoms with E-state index in [0.29, 0.717) is 0 Å². The van der Waals surface area contributed by atoms with Gasteiger partial charge < -0.3 is 14.6 Å². The Hall–Kier alpha value is -1.30. The fraction of sp³-hybridized carbons (Fsp3) is 0.700. The van der Waals surface area contributed by atoms with Gasteiger partial charge in [-0.1, -0.05) is 6.92 Å². The number of ether oxygens (including phenoxy) is 2. The molecule has 0 aliphatic heterocycles. The summed E-state index contributed by atoms with van der Waals surface area (Å²) in [5.74, 6) is -3.71. The summed E-state index contributed by atoms with van der Waals surface area (Å²) in [6.07, 6.45) is -0.208. The van der Waals surface area contributed by atoms with Crippen LogP contribution >= 0.6 is 12.4 Å². The lowest BCUT2D eigenvalue weighted by molar-refractivity contribution is -0.181. The van der Waals surface area contributed by atoms with Gasteiger partial charge in [0.25, 0.3) is 5.41 Å². The van der Waals surface area contributed by atoms with Gasteiger partial charge >= 0.3 is 17.9 Å². The van der Waals surface area contributed by atoms with Crippen LogP contribution in [0.1, 0.15) is 27.2 Å². The molecule has 0 aliphatic carbocycles.